The van der Waals surface area contributed by atoms with Gasteiger partial charge in [-0.3, -0.25) is 24.0 Å². The second kappa shape index (κ2) is 14.3. The van der Waals surface area contributed by atoms with Crippen LogP contribution in [0.25, 0.3) is 6.08 Å². The minimum atomic E-state index is -3.88. The molecule has 0 spiro atoms. The lowest BCUT2D eigenvalue weighted by Gasteiger charge is -2.35. The molecule has 1 aromatic carbocycles. The molecule has 0 radical (unpaired) electrons. The number of cyclic esters (lactones) is 1. The fourth-order valence-corrected chi connectivity index (χ4v) is 8.98. The Hall–Kier alpha value is -4.14. The molecular weight excluding hydrogens is 703 g/mol. The standard InChI is InChI=1S/C38H53N5O9S/c1-7-25-18-38(25,33(46)41-53(49,50)27-14-15-27)40-31(44)29-17-26-20-43(29)32(45)30(36(2,3)4)39-34(47)51-22-37(5,6)16-9-8-11-23-12-10-13-24-19-42(21-28(23)24)35(48)52-26/h8,10-13,25-27,29-30H,7,9,14-22H2,1-6H3,(H,39,47)(H,40,44)(H,41,46)/b11-8+/t25?,26-,29?,30-,38-/m1/s1. The number of amides is 5. The topological polar surface area (TPSA) is 181 Å². The Morgan fingerprint density at radius 2 is 1.83 bits per heavy atom. The van der Waals surface area contributed by atoms with Crippen LogP contribution in [0, 0.1) is 16.7 Å². The summed E-state index contributed by atoms with van der Waals surface area (Å²) in [7, 11) is -3.88. The van der Waals surface area contributed by atoms with Crippen LogP contribution in [0.3, 0.4) is 0 Å². The van der Waals surface area contributed by atoms with Gasteiger partial charge in [0.1, 0.15) is 23.7 Å². The highest BCUT2D eigenvalue weighted by molar-refractivity contribution is 7.91. The van der Waals surface area contributed by atoms with Crippen molar-refractivity contribution in [3.05, 3.63) is 41.0 Å². The van der Waals surface area contributed by atoms with Crippen molar-refractivity contribution >= 4 is 46.0 Å². The van der Waals surface area contributed by atoms with Crippen molar-refractivity contribution in [2.24, 2.45) is 16.7 Å². The highest BCUT2D eigenvalue weighted by Gasteiger charge is 2.62. The van der Waals surface area contributed by atoms with E-state index in [-0.39, 0.29) is 37.3 Å². The first-order valence-electron chi connectivity index (χ1n) is 18.7. The van der Waals surface area contributed by atoms with E-state index in [0.29, 0.717) is 32.4 Å². The summed E-state index contributed by atoms with van der Waals surface area (Å²) in [6, 6.07) is 3.61. The average Bonchev–Trinajstić information content (AvgIpc) is 3.97. The van der Waals surface area contributed by atoms with Crippen molar-refractivity contribution < 1.29 is 41.9 Å². The number of sulfonamides is 1. The van der Waals surface area contributed by atoms with Gasteiger partial charge in [-0.05, 0) is 65.5 Å². The van der Waals surface area contributed by atoms with E-state index < -0.39 is 74.3 Å². The van der Waals surface area contributed by atoms with Gasteiger partial charge in [-0.2, -0.15) is 0 Å². The van der Waals surface area contributed by atoms with Crippen LogP contribution in [0.2, 0.25) is 0 Å². The largest absolute Gasteiger partial charge is 0.449 e. The number of hydrogen-bond donors (Lipinski definition) is 3. The molecule has 3 heterocycles. The van der Waals surface area contributed by atoms with Crippen LogP contribution in [0.4, 0.5) is 9.59 Å². The van der Waals surface area contributed by atoms with Crippen LogP contribution in [0.15, 0.2) is 24.3 Å². The monoisotopic (exact) mass is 755 g/mol. The molecule has 2 saturated carbocycles. The lowest BCUT2D eigenvalue weighted by molar-refractivity contribution is -0.143. The third kappa shape index (κ3) is 8.34. The smallest absolute Gasteiger partial charge is 0.410 e. The summed E-state index contributed by atoms with van der Waals surface area (Å²) in [5.74, 6) is -2.36. The van der Waals surface area contributed by atoms with E-state index in [2.05, 4.69) is 21.4 Å². The molecule has 5 amide bonds. The van der Waals surface area contributed by atoms with Crippen LogP contribution in [-0.2, 0) is 47.0 Å². The Morgan fingerprint density at radius 3 is 2.49 bits per heavy atom. The molecule has 3 N–H and O–H groups in total. The van der Waals surface area contributed by atoms with Crippen LogP contribution in [0.5, 0.6) is 0 Å². The number of allylic oxidation sites excluding steroid dienone is 1. The number of rotatable bonds is 6. The lowest BCUT2D eigenvalue weighted by Crippen LogP contribution is -2.60. The maximum atomic E-state index is 14.5. The van der Waals surface area contributed by atoms with E-state index >= 15 is 0 Å². The number of carbonyl (C=O) groups excluding carboxylic acids is 5. The van der Waals surface area contributed by atoms with Crippen LogP contribution < -0.4 is 15.4 Å². The van der Waals surface area contributed by atoms with Crippen molar-refractivity contribution in [2.45, 2.75) is 129 Å². The number of alkyl carbamates (subject to hydrolysis) is 1. The summed E-state index contributed by atoms with van der Waals surface area (Å²) in [6.45, 7) is 11.8. The van der Waals surface area contributed by atoms with Crippen molar-refractivity contribution in [3.63, 3.8) is 0 Å². The Morgan fingerprint density at radius 1 is 1.09 bits per heavy atom. The Labute approximate surface area is 311 Å². The summed E-state index contributed by atoms with van der Waals surface area (Å²) in [5, 5.41) is 4.93. The molecule has 3 aliphatic heterocycles. The summed E-state index contributed by atoms with van der Waals surface area (Å²) >= 11 is 0. The minimum Gasteiger partial charge on any atom is -0.449 e. The molecule has 1 aromatic rings. The molecule has 2 aliphatic carbocycles. The maximum absolute atomic E-state index is 14.5. The first-order valence-corrected chi connectivity index (χ1v) is 20.2. The zero-order valence-electron chi connectivity index (χ0n) is 31.5. The van der Waals surface area contributed by atoms with Crippen LogP contribution in [0.1, 0.15) is 103 Å². The predicted octanol–water partition coefficient (Wildman–Crippen LogP) is 3.98. The zero-order chi connectivity index (χ0) is 38.5. The maximum Gasteiger partial charge on any atom is 0.410 e. The second-order valence-electron chi connectivity index (χ2n) is 17.2. The SMILES string of the molecule is CCC1C[C@]1(NC(=O)C1C[C@@H]2CN1C(=O)[C@H](C(C)(C)C)NC(=O)OCC(C)(C)CC/C=C/c1cccc3c1CN(C3)C(=O)O2)C(=O)NS(=O)(=O)C1CC1. The molecule has 5 atom stereocenters. The fraction of sp³-hybridized carbons (Fsp3) is 0.658. The van der Waals surface area contributed by atoms with Gasteiger partial charge in [0, 0.05) is 13.0 Å². The molecular formula is C38H53N5O9S. The summed E-state index contributed by atoms with van der Waals surface area (Å²) in [4.78, 5) is 72.0. The van der Waals surface area contributed by atoms with Gasteiger partial charge in [0.05, 0.1) is 24.9 Å². The summed E-state index contributed by atoms with van der Waals surface area (Å²) in [6.07, 6.45) is 4.94. The quantitative estimate of drug-likeness (QED) is 0.387. The molecule has 290 valence electrons. The van der Waals surface area contributed by atoms with Crippen molar-refractivity contribution in [2.75, 3.05) is 13.2 Å². The normalized spacial score (nSPS) is 29.7. The molecule has 1 saturated heterocycles. The molecule has 4 bridgehead atoms. The Bertz CT molecular complexity index is 1800. The number of ether oxygens (including phenoxy) is 2. The van der Waals surface area contributed by atoms with Crippen molar-refractivity contribution in [3.8, 4) is 0 Å². The zero-order valence-corrected chi connectivity index (χ0v) is 32.3. The number of benzene rings is 1. The van der Waals surface area contributed by atoms with E-state index in [1.807, 2.05) is 45.0 Å². The number of nitrogens with one attached hydrogen (secondary N) is 3. The van der Waals surface area contributed by atoms with E-state index in [0.717, 1.165) is 29.5 Å². The second-order valence-corrected chi connectivity index (χ2v) is 19.1. The lowest BCUT2D eigenvalue weighted by atomic mass is 9.85. The molecule has 2 unspecified atom stereocenters. The minimum absolute atomic E-state index is 0.0670. The average molecular weight is 756 g/mol. The predicted molar refractivity (Wildman–Crippen MR) is 195 cm³/mol. The number of carbonyl (C=O) groups is 5. The third-order valence-corrected chi connectivity index (χ3v) is 13.0. The first-order chi connectivity index (χ1) is 24.8. The molecule has 14 nitrogen and oxygen atoms in total. The molecule has 53 heavy (non-hydrogen) atoms. The third-order valence-electron chi connectivity index (χ3n) is 11.2. The Balaban J connectivity index is 1.29. The summed E-state index contributed by atoms with van der Waals surface area (Å²) in [5.41, 5.74) is 0.357. The number of nitrogens with zero attached hydrogens (tertiary/aromatic N) is 2. The van der Waals surface area contributed by atoms with E-state index in [1.54, 1.807) is 25.7 Å². The van der Waals surface area contributed by atoms with E-state index in [4.69, 9.17) is 9.47 Å². The highest BCUT2D eigenvalue weighted by atomic mass is 32.2. The van der Waals surface area contributed by atoms with E-state index in [1.165, 1.54) is 4.90 Å². The molecule has 3 fully saturated rings. The van der Waals surface area contributed by atoms with Crippen molar-refractivity contribution in [1.82, 2.24) is 25.2 Å². The Kier molecular flexibility index (Phi) is 10.4. The van der Waals surface area contributed by atoms with Gasteiger partial charge in [0.25, 0.3) is 5.91 Å². The van der Waals surface area contributed by atoms with Gasteiger partial charge < -0.3 is 25.0 Å². The molecule has 15 heteroatoms. The van der Waals surface area contributed by atoms with E-state index in [9.17, 15) is 32.4 Å². The number of fused-ring (bicyclic) bond motifs is 3. The van der Waals surface area contributed by atoms with Gasteiger partial charge >= 0.3 is 12.2 Å². The molecule has 5 aliphatic rings. The van der Waals surface area contributed by atoms with Gasteiger partial charge in [-0.15, -0.1) is 0 Å². The van der Waals surface area contributed by atoms with Gasteiger partial charge in [0.2, 0.25) is 21.8 Å². The summed E-state index contributed by atoms with van der Waals surface area (Å²) < 4.78 is 39.2. The van der Waals surface area contributed by atoms with Gasteiger partial charge in [0.15, 0.2) is 0 Å². The van der Waals surface area contributed by atoms with Gasteiger partial charge in [-0.25, -0.2) is 18.0 Å². The van der Waals surface area contributed by atoms with Crippen LogP contribution in [-0.4, -0.2) is 90.3 Å². The first kappa shape index (κ1) is 38.6. The fourth-order valence-electron chi connectivity index (χ4n) is 7.61. The molecule has 0 aromatic heterocycles. The van der Waals surface area contributed by atoms with Crippen molar-refractivity contribution in [1.29, 1.82) is 0 Å². The van der Waals surface area contributed by atoms with Gasteiger partial charge in [-0.1, -0.05) is 78.3 Å². The van der Waals surface area contributed by atoms with Crippen LogP contribution >= 0.6 is 0 Å². The highest BCUT2D eigenvalue weighted by Crippen LogP contribution is 2.47. The number of hydrogen-bond acceptors (Lipinski definition) is 9. The molecule has 6 rings (SSSR count).